The van der Waals surface area contributed by atoms with E-state index in [4.69, 9.17) is 9.47 Å². The molecule has 0 amide bonds. The van der Waals surface area contributed by atoms with Crippen molar-refractivity contribution in [1.82, 2.24) is 0 Å². The molecule has 2 aliphatic rings. The number of Topliss-reactive ketones (excluding diaryl/α,β-unsaturated/α-hetero) is 1. The van der Waals surface area contributed by atoms with Gasteiger partial charge in [0.1, 0.15) is 0 Å². The van der Waals surface area contributed by atoms with Gasteiger partial charge in [-0.05, 0) is 70.5 Å². The van der Waals surface area contributed by atoms with Crippen molar-refractivity contribution in [3.8, 4) is 11.5 Å². The zero-order valence-electron chi connectivity index (χ0n) is 18.5. The molecule has 0 saturated heterocycles. The first-order valence-electron chi connectivity index (χ1n) is 11.0. The summed E-state index contributed by atoms with van der Waals surface area (Å²) >= 11 is 5.35. The second kappa shape index (κ2) is 9.23. The minimum absolute atomic E-state index is 0.164. The highest BCUT2D eigenvalue weighted by atomic mass is 79.9. The number of benzene rings is 2. The fraction of sp³-hybridized carbons (Fsp3) is 0.269. The molecule has 0 bridgehead atoms. The van der Waals surface area contributed by atoms with E-state index in [0.29, 0.717) is 24.5 Å². The molecule has 0 fully saturated rings. The maximum absolute atomic E-state index is 13.6. The van der Waals surface area contributed by atoms with Gasteiger partial charge in [0.2, 0.25) is 0 Å². The lowest BCUT2D eigenvalue weighted by Gasteiger charge is -2.29. The van der Waals surface area contributed by atoms with Gasteiger partial charge >= 0.3 is 0 Å². The van der Waals surface area contributed by atoms with Crippen molar-refractivity contribution in [1.29, 1.82) is 0 Å². The van der Waals surface area contributed by atoms with Crippen LogP contribution in [0.2, 0.25) is 0 Å². The first-order valence-corrected chi connectivity index (χ1v) is 12.7. The number of methoxy groups -OCH3 is 1. The summed E-state index contributed by atoms with van der Waals surface area (Å²) in [6, 6.07) is 15.9. The number of ether oxygens (including phenoxy) is 2. The van der Waals surface area contributed by atoms with Crippen LogP contribution in [0.1, 0.15) is 42.2 Å². The zero-order chi connectivity index (χ0) is 22.9. The molecule has 5 rings (SSSR count). The molecule has 2 atom stereocenters. The molecule has 7 heteroatoms. The van der Waals surface area contributed by atoms with Gasteiger partial charge in [-0.25, -0.2) is 0 Å². The van der Waals surface area contributed by atoms with Crippen LogP contribution in [-0.4, -0.2) is 19.5 Å². The van der Waals surface area contributed by atoms with E-state index in [1.54, 1.807) is 18.4 Å². The van der Waals surface area contributed by atoms with Crippen LogP contribution in [0.25, 0.3) is 0 Å². The van der Waals surface area contributed by atoms with Crippen molar-refractivity contribution < 1.29 is 14.3 Å². The number of allylic oxidation sites excluding steroid dienone is 1. The molecule has 1 aromatic heterocycles. The standard InChI is InChI=1S/C26H25BrN2O3S/c1-3-32-22-14-16(11-17(27)26(22)31-2)25-24-20(28-18-7-4-5-8-19(18)29-25)12-15(13-21(24)30)23-9-6-10-33-23/h4-11,14-15,25,28-29H,3,12-13H2,1-2H3. The second-order valence-corrected chi connectivity index (χ2v) is 9.98. The minimum Gasteiger partial charge on any atom is -0.492 e. The van der Waals surface area contributed by atoms with E-state index in [1.165, 1.54) is 4.88 Å². The van der Waals surface area contributed by atoms with Crippen molar-refractivity contribution >= 4 is 44.4 Å². The molecule has 2 heterocycles. The first-order chi connectivity index (χ1) is 16.1. The van der Waals surface area contributed by atoms with Crippen molar-refractivity contribution in [2.75, 3.05) is 24.4 Å². The van der Waals surface area contributed by atoms with Gasteiger partial charge in [-0.15, -0.1) is 11.3 Å². The van der Waals surface area contributed by atoms with Crippen LogP contribution in [0.15, 0.2) is 69.7 Å². The summed E-state index contributed by atoms with van der Waals surface area (Å²) < 4.78 is 12.2. The summed E-state index contributed by atoms with van der Waals surface area (Å²) in [4.78, 5) is 14.9. The summed E-state index contributed by atoms with van der Waals surface area (Å²) in [6.45, 7) is 2.46. The Morgan fingerprint density at radius 3 is 2.67 bits per heavy atom. The maximum atomic E-state index is 13.6. The van der Waals surface area contributed by atoms with E-state index in [0.717, 1.165) is 39.1 Å². The van der Waals surface area contributed by atoms with Crippen molar-refractivity contribution in [2.45, 2.75) is 31.7 Å². The number of para-hydroxylation sites is 2. The lowest BCUT2D eigenvalue weighted by molar-refractivity contribution is -0.116. The number of ketones is 1. The fourth-order valence-electron chi connectivity index (χ4n) is 4.68. The quantitative estimate of drug-likeness (QED) is 0.380. The minimum atomic E-state index is -0.311. The van der Waals surface area contributed by atoms with Gasteiger partial charge in [0.05, 0.1) is 35.6 Å². The monoisotopic (exact) mass is 524 g/mol. The fourth-order valence-corrected chi connectivity index (χ4v) is 6.13. The van der Waals surface area contributed by atoms with Gasteiger partial charge in [-0.1, -0.05) is 18.2 Å². The summed E-state index contributed by atoms with van der Waals surface area (Å²) in [5.41, 5.74) is 4.66. The normalized spacial score (nSPS) is 19.7. The molecule has 2 N–H and O–H groups in total. The average molecular weight is 525 g/mol. The van der Waals surface area contributed by atoms with Gasteiger partial charge in [-0.2, -0.15) is 0 Å². The number of hydrogen-bond donors (Lipinski definition) is 2. The summed E-state index contributed by atoms with van der Waals surface area (Å²) in [7, 11) is 1.63. The molecule has 170 valence electrons. The molecule has 0 saturated carbocycles. The Morgan fingerprint density at radius 1 is 1.12 bits per heavy atom. The highest BCUT2D eigenvalue weighted by Crippen LogP contribution is 2.47. The predicted molar refractivity (Wildman–Crippen MR) is 137 cm³/mol. The molecule has 33 heavy (non-hydrogen) atoms. The Hall–Kier alpha value is -2.77. The van der Waals surface area contributed by atoms with Crippen LogP contribution in [0, 0.1) is 0 Å². The summed E-state index contributed by atoms with van der Waals surface area (Å²) in [6.07, 6.45) is 1.30. The number of halogens is 1. The topological polar surface area (TPSA) is 59.6 Å². The molecule has 3 aromatic rings. The molecule has 1 aliphatic heterocycles. The van der Waals surface area contributed by atoms with Crippen LogP contribution in [0.3, 0.4) is 0 Å². The number of hydrogen-bond acceptors (Lipinski definition) is 6. The Balaban J connectivity index is 1.64. The summed E-state index contributed by atoms with van der Waals surface area (Å²) in [5, 5.41) is 9.30. The van der Waals surface area contributed by atoms with E-state index < -0.39 is 0 Å². The molecule has 0 spiro atoms. The smallest absolute Gasteiger partial charge is 0.174 e. The van der Waals surface area contributed by atoms with E-state index in [9.17, 15) is 4.79 Å². The van der Waals surface area contributed by atoms with E-state index in [-0.39, 0.29) is 17.7 Å². The molecular weight excluding hydrogens is 500 g/mol. The predicted octanol–water partition coefficient (Wildman–Crippen LogP) is 6.90. The van der Waals surface area contributed by atoms with Crippen LogP contribution in [0.4, 0.5) is 11.4 Å². The van der Waals surface area contributed by atoms with Gasteiger partial charge in [-0.3, -0.25) is 4.79 Å². The summed E-state index contributed by atoms with van der Waals surface area (Å²) in [5.74, 6) is 1.65. The number of carbonyl (C=O) groups is 1. The molecular formula is C26H25BrN2O3S. The average Bonchev–Trinajstić information content (AvgIpc) is 3.28. The van der Waals surface area contributed by atoms with Crippen LogP contribution in [-0.2, 0) is 4.79 Å². The van der Waals surface area contributed by atoms with Gasteiger partial charge in [0.25, 0.3) is 0 Å². The van der Waals surface area contributed by atoms with Gasteiger partial charge < -0.3 is 20.1 Å². The Morgan fingerprint density at radius 2 is 1.94 bits per heavy atom. The Bertz CT molecular complexity index is 1220. The third-order valence-electron chi connectivity index (χ3n) is 6.12. The molecule has 5 nitrogen and oxygen atoms in total. The lowest BCUT2D eigenvalue weighted by atomic mass is 9.80. The van der Waals surface area contributed by atoms with Gasteiger partial charge in [0.15, 0.2) is 17.3 Å². The van der Waals surface area contributed by atoms with Crippen LogP contribution < -0.4 is 20.1 Å². The second-order valence-electron chi connectivity index (χ2n) is 8.15. The number of thiophene rings is 1. The van der Waals surface area contributed by atoms with E-state index in [1.807, 2.05) is 43.3 Å². The van der Waals surface area contributed by atoms with E-state index in [2.05, 4.69) is 44.1 Å². The number of nitrogens with one attached hydrogen (secondary N) is 2. The number of rotatable bonds is 5. The van der Waals surface area contributed by atoms with Crippen molar-refractivity contribution in [2.24, 2.45) is 0 Å². The van der Waals surface area contributed by atoms with Crippen molar-refractivity contribution in [3.05, 3.63) is 80.1 Å². The van der Waals surface area contributed by atoms with E-state index >= 15 is 0 Å². The Kier molecular flexibility index (Phi) is 6.17. The van der Waals surface area contributed by atoms with Crippen LogP contribution >= 0.6 is 27.3 Å². The zero-order valence-corrected chi connectivity index (χ0v) is 20.9. The third kappa shape index (κ3) is 4.15. The maximum Gasteiger partial charge on any atom is 0.174 e. The molecule has 1 aliphatic carbocycles. The number of anilines is 2. The number of fused-ring (bicyclic) bond motifs is 1. The molecule has 0 radical (unpaired) electrons. The Labute approximate surface area is 205 Å². The first kappa shape index (κ1) is 22.0. The highest BCUT2D eigenvalue weighted by molar-refractivity contribution is 9.10. The van der Waals surface area contributed by atoms with Crippen LogP contribution in [0.5, 0.6) is 11.5 Å². The number of carbonyl (C=O) groups excluding carboxylic acids is 1. The van der Waals surface area contributed by atoms with Crippen molar-refractivity contribution in [3.63, 3.8) is 0 Å². The SMILES string of the molecule is CCOc1cc(C2Nc3ccccc3NC3=C2C(=O)CC(c2cccs2)C3)cc(Br)c1OC. The molecule has 2 aromatic carbocycles. The molecule has 2 unspecified atom stereocenters. The third-order valence-corrected chi connectivity index (χ3v) is 7.75. The van der Waals surface area contributed by atoms with Gasteiger partial charge in [0, 0.05) is 28.5 Å². The highest BCUT2D eigenvalue weighted by Gasteiger charge is 2.36. The lowest BCUT2D eigenvalue weighted by Crippen LogP contribution is -2.26. The largest absolute Gasteiger partial charge is 0.492 e.